The van der Waals surface area contributed by atoms with Gasteiger partial charge in [0.05, 0.1) is 0 Å². The van der Waals surface area contributed by atoms with Crippen LogP contribution in [0.5, 0.6) is 0 Å². The summed E-state index contributed by atoms with van der Waals surface area (Å²) in [4.78, 5) is 19.4. The molecule has 1 aliphatic rings. The van der Waals surface area contributed by atoms with Crippen molar-refractivity contribution in [1.29, 1.82) is 0 Å². The highest BCUT2D eigenvalue weighted by molar-refractivity contribution is 6.30. The van der Waals surface area contributed by atoms with Crippen LogP contribution in [0.1, 0.15) is 36.4 Å². The van der Waals surface area contributed by atoms with Crippen LogP contribution >= 0.6 is 11.6 Å². The van der Waals surface area contributed by atoms with E-state index in [1.54, 1.807) is 0 Å². The molecule has 2 aromatic carbocycles. The molecule has 4 heteroatoms. The number of halogens is 1. The number of amides is 1. The van der Waals surface area contributed by atoms with Gasteiger partial charge >= 0.3 is 0 Å². The van der Waals surface area contributed by atoms with Crippen molar-refractivity contribution in [3.8, 4) is 0 Å². The van der Waals surface area contributed by atoms with Crippen molar-refractivity contribution in [2.45, 2.75) is 31.6 Å². The smallest absolute Gasteiger partial charge is 0.222 e. The van der Waals surface area contributed by atoms with Gasteiger partial charge in [-0.15, -0.1) is 0 Å². The highest BCUT2D eigenvalue weighted by atomic mass is 35.5. The molecule has 138 valence electrons. The summed E-state index contributed by atoms with van der Waals surface area (Å²) in [5.74, 6) is 0.554. The second kappa shape index (κ2) is 8.10. The van der Waals surface area contributed by atoms with E-state index in [0.29, 0.717) is 12.3 Å². The summed E-state index contributed by atoms with van der Waals surface area (Å²) in [5.41, 5.74) is 2.25. The Morgan fingerprint density at radius 1 is 1.11 bits per heavy atom. The highest BCUT2D eigenvalue weighted by Gasteiger charge is 2.25. The number of hydrogen-bond donors (Lipinski definition) is 0. The minimum atomic E-state index is 0.232. The normalized spacial score (nSPS) is 17.2. The first-order chi connectivity index (χ1) is 13.2. The summed E-state index contributed by atoms with van der Waals surface area (Å²) in [7, 11) is 0. The van der Waals surface area contributed by atoms with Crippen molar-refractivity contribution in [1.82, 2.24) is 9.88 Å². The number of nitrogens with zero attached hydrogens (tertiary/aromatic N) is 2. The molecule has 27 heavy (non-hydrogen) atoms. The van der Waals surface area contributed by atoms with E-state index in [0.717, 1.165) is 54.0 Å². The van der Waals surface area contributed by atoms with E-state index >= 15 is 0 Å². The van der Waals surface area contributed by atoms with Crippen molar-refractivity contribution in [3.05, 3.63) is 77.1 Å². The second-order valence-electron chi connectivity index (χ2n) is 7.26. The number of hydrogen-bond acceptors (Lipinski definition) is 2. The topological polar surface area (TPSA) is 33.2 Å². The fourth-order valence-corrected chi connectivity index (χ4v) is 3.96. The predicted octanol–water partition coefficient (Wildman–Crippen LogP) is 5.23. The number of carbonyl (C=O) groups is 1. The molecule has 3 aromatic rings. The van der Waals surface area contributed by atoms with Crippen LogP contribution in [0.25, 0.3) is 10.8 Å². The van der Waals surface area contributed by atoms with Crippen LogP contribution in [0, 0.1) is 0 Å². The lowest BCUT2D eigenvalue weighted by atomic mass is 9.93. The van der Waals surface area contributed by atoms with Gasteiger partial charge in [-0.05, 0) is 48.4 Å². The van der Waals surface area contributed by atoms with Crippen molar-refractivity contribution < 1.29 is 4.79 Å². The predicted molar refractivity (Wildman–Crippen MR) is 110 cm³/mol. The Kier molecular flexibility index (Phi) is 5.40. The Hall–Kier alpha value is -2.39. The molecule has 1 aliphatic heterocycles. The maximum absolute atomic E-state index is 12.7. The zero-order valence-corrected chi connectivity index (χ0v) is 16.0. The molecule has 2 heterocycles. The minimum Gasteiger partial charge on any atom is -0.342 e. The monoisotopic (exact) mass is 378 g/mol. The van der Waals surface area contributed by atoms with Gasteiger partial charge in [-0.3, -0.25) is 9.78 Å². The van der Waals surface area contributed by atoms with Gasteiger partial charge in [0.25, 0.3) is 0 Å². The zero-order chi connectivity index (χ0) is 18.6. The van der Waals surface area contributed by atoms with E-state index < -0.39 is 0 Å². The lowest BCUT2D eigenvalue weighted by Gasteiger charge is -2.32. The fraction of sp³-hybridized carbons (Fsp3) is 0.304. The summed E-state index contributed by atoms with van der Waals surface area (Å²) in [5, 5.41) is 3.11. The average Bonchev–Trinajstić information content (AvgIpc) is 2.73. The summed E-state index contributed by atoms with van der Waals surface area (Å²) in [6, 6.07) is 18.2. The lowest BCUT2D eigenvalue weighted by molar-refractivity contribution is -0.132. The Morgan fingerprint density at radius 3 is 2.70 bits per heavy atom. The molecule has 1 amide bonds. The Balaban J connectivity index is 1.40. The quantitative estimate of drug-likeness (QED) is 0.623. The van der Waals surface area contributed by atoms with E-state index in [1.165, 1.54) is 5.39 Å². The molecule has 0 N–H and O–H groups in total. The number of piperidine rings is 1. The number of likely N-dealkylation sites (tertiary alicyclic amines) is 1. The van der Waals surface area contributed by atoms with Gasteiger partial charge in [-0.1, -0.05) is 48.0 Å². The number of aromatic nitrogens is 1. The average molecular weight is 379 g/mol. The van der Waals surface area contributed by atoms with Crippen LogP contribution in [-0.4, -0.2) is 28.9 Å². The van der Waals surface area contributed by atoms with Gasteiger partial charge in [0.1, 0.15) is 0 Å². The summed E-state index contributed by atoms with van der Waals surface area (Å²) in [6.07, 6.45) is 5.37. The van der Waals surface area contributed by atoms with E-state index in [9.17, 15) is 4.79 Å². The Morgan fingerprint density at radius 2 is 1.89 bits per heavy atom. The molecule has 0 bridgehead atoms. The minimum absolute atomic E-state index is 0.232. The first kappa shape index (κ1) is 18.0. The van der Waals surface area contributed by atoms with Gasteiger partial charge in [-0.2, -0.15) is 0 Å². The first-order valence-corrected chi connectivity index (χ1v) is 9.94. The molecular formula is C23H23ClN2O. The van der Waals surface area contributed by atoms with Crippen molar-refractivity contribution in [3.63, 3.8) is 0 Å². The molecule has 1 fully saturated rings. The number of pyridine rings is 1. The van der Waals surface area contributed by atoms with Gasteiger partial charge < -0.3 is 4.90 Å². The highest BCUT2D eigenvalue weighted by Crippen LogP contribution is 2.28. The fourth-order valence-electron chi connectivity index (χ4n) is 3.83. The van der Waals surface area contributed by atoms with Gasteiger partial charge in [0, 0.05) is 47.7 Å². The van der Waals surface area contributed by atoms with Crippen LogP contribution in [-0.2, 0) is 11.2 Å². The lowest BCUT2D eigenvalue weighted by Crippen LogP contribution is -2.39. The van der Waals surface area contributed by atoms with Crippen LogP contribution in [0.3, 0.4) is 0 Å². The van der Waals surface area contributed by atoms with E-state index in [1.807, 2.05) is 41.4 Å². The standard InChI is InChI=1S/C23H23ClN2O/c24-21-10-7-17(8-11-21)9-12-23(27)26-13-3-6-20(16-26)22-14-18-4-1-2-5-19(18)15-25-22/h1-2,4-5,7-8,10-11,14-15,20H,3,6,9,12-13,16H2/t20-/m1/s1. The molecule has 1 saturated heterocycles. The summed E-state index contributed by atoms with van der Waals surface area (Å²) in [6.45, 7) is 1.62. The van der Waals surface area contributed by atoms with Crippen molar-refractivity contribution in [2.75, 3.05) is 13.1 Å². The van der Waals surface area contributed by atoms with Gasteiger partial charge in [-0.25, -0.2) is 0 Å². The number of fused-ring (bicyclic) bond motifs is 1. The molecule has 0 spiro atoms. The van der Waals surface area contributed by atoms with Crippen LogP contribution in [0.15, 0.2) is 60.8 Å². The number of rotatable bonds is 4. The zero-order valence-electron chi connectivity index (χ0n) is 15.3. The third-order valence-electron chi connectivity index (χ3n) is 5.39. The van der Waals surface area contributed by atoms with Crippen LogP contribution in [0.4, 0.5) is 0 Å². The molecule has 0 radical (unpaired) electrons. The SMILES string of the molecule is O=C(CCc1ccc(Cl)cc1)N1CCC[C@@H](c2cc3ccccc3cn2)C1. The molecule has 1 atom stereocenters. The molecule has 0 aliphatic carbocycles. The number of carbonyl (C=O) groups excluding carboxylic acids is 1. The van der Waals surface area contributed by atoms with Crippen LogP contribution in [0.2, 0.25) is 5.02 Å². The van der Waals surface area contributed by atoms with Crippen LogP contribution < -0.4 is 0 Å². The molecule has 4 rings (SSSR count). The van der Waals surface area contributed by atoms with Gasteiger partial charge in [0.2, 0.25) is 5.91 Å². The second-order valence-corrected chi connectivity index (χ2v) is 7.70. The summed E-state index contributed by atoms with van der Waals surface area (Å²) >= 11 is 5.93. The third-order valence-corrected chi connectivity index (χ3v) is 5.64. The Labute approximate surface area is 165 Å². The molecule has 1 aromatic heterocycles. The molecule has 3 nitrogen and oxygen atoms in total. The molecule has 0 unspecified atom stereocenters. The van der Waals surface area contributed by atoms with E-state index in [2.05, 4.69) is 29.2 Å². The third kappa shape index (κ3) is 4.30. The first-order valence-electron chi connectivity index (χ1n) is 9.56. The van der Waals surface area contributed by atoms with E-state index in [-0.39, 0.29) is 5.91 Å². The summed E-state index contributed by atoms with van der Waals surface area (Å²) < 4.78 is 0. The maximum Gasteiger partial charge on any atom is 0.222 e. The number of benzene rings is 2. The molecular weight excluding hydrogens is 356 g/mol. The maximum atomic E-state index is 12.7. The van der Waals surface area contributed by atoms with E-state index in [4.69, 9.17) is 11.6 Å². The van der Waals surface area contributed by atoms with Crippen molar-refractivity contribution in [2.24, 2.45) is 0 Å². The molecule has 0 saturated carbocycles. The largest absolute Gasteiger partial charge is 0.342 e. The van der Waals surface area contributed by atoms with Crippen molar-refractivity contribution >= 4 is 28.3 Å². The van der Waals surface area contributed by atoms with Gasteiger partial charge in [0.15, 0.2) is 0 Å². The Bertz CT molecular complexity index is 939. The number of aryl methyl sites for hydroxylation is 1.